The molecule has 146 valence electrons. The molecule has 0 radical (unpaired) electrons. The lowest BCUT2D eigenvalue weighted by Crippen LogP contribution is -2.42. The van der Waals surface area contributed by atoms with Crippen LogP contribution in [-0.2, 0) is 0 Å². The first kappa shape index (κ1) is 21.0. The SMILES string of the molecule is CC[C@H](C)N1CCC(Oc2ccc(C(=O)NCCN(C)C)cc2Cl)CC1. The lowest BCUT2D eigenvalue weighted by Gasteiger charge is -2.35. The van der Waals surface area contributed by atoms with E-state index in [1.807, 2.05) is 25.1 Å². The van der Waals surface area contributed by atoms with Crippen molar-refractivity contribution >= 4 is 17.5 Å². The van der Waals surface area contributed by atoms with Crippen LogP contribution < -0.4 is 10.1 Å². The fourth-order valence-corrected chi connectivity index (χ4v) is 3.33. The van der Waals surface area contributed by atoms with E-state index >= 15 is 0 Å². The number of carbonyl (C=O) groups excluding carboxylic acids is 1. The molecule has 0 unspecified atom stereocenters. The van der Waals surface area contributed by atoms with Gasteiger partial charge >= 0.3 is 0 Å². The van der Waals surface area contributed by atoms with Gasteiger partial charge in [-0.05, 0) is 58.5 Å². The third kappa shape index (κ3) is 6.15. The van der Waals surface area contributed by atoms with E-state index in [0.29, 0.717) is 28.9 Å². The molecule has 5 nitrogen and oxygen atoms in total. The molecule has 1 aliphatic rings. The quantitative estimate of drug-likeness (QED) is 0.750. The smallest absolute Gasteiger partial charge is 0.251 e. The first-order valence-electron chi connectivity index (χ1n) is 9.54. The Balaban J connectivity index is 1.87. The van der Waals surface area contributed by atoms with Gasteiger partial charge in [0, 0.05) is 37.8 Å². The maximum absolute atomic E-state index is 12.2. The molecule has 0 spiro atoms. The molecule has 0 saturated carbocycles. The predicted octanol–water partition coefficient (Wildman–Crippen LogP) is 3.27. The Hall–Kier alpha value is -1.30. The van der Waals surface area contributed by atoms with Gasteiger partial charge in [-0.3, -0.25) is 4.79 Å². The van der Waals surface area contributed by atoms with Crippen LogP contribution in [0.15, 0.2) is 18.2 Å². The number of ether oxygens (including phenoxy) is 1. The minimum Gasteiger partial charge on any atom is -0.489 e. The summed E-state index contributed by atoms with van der Waals surface area (Å²) in [5.41, 5.74) is 0.563. The first-order valence-corrected chi connectivity index (χ1v) is 9.91. The molecule has 1 aromatic carbocycles. The molecule has 1 fully saturated rings. The van der Waals surface area contributed by atoms with Crippen LogP contribution in [0.4, 0.5) is 0 Å². The highest BCUT2D eigenvalue weighted by Crippen LogP contribution is 2.28. The van der Waals surface area contributed by atoms with E-state index in [-0.39, 0.29) is 12.0 Å². The van der Waals surface area contributed by atoms with Crippen molar-refractivity contribution in [3.05, 3.63) is 28.8 Å². The molecule has 0 aliphatic carbocycles. The highest BCUT2D eigenvalue weighted by Gasteiger charge is 2.23. The second-order valence-corrected chi connectivity index (χ2v) is 7.72. The summed E-state index contributed by atoms with van der Waals surface area (Å²) in [5, 5.41) is 3.39. The van der Waals surface area contributed by atoms with E-state index in [9.17, 15) is 4.79 Å². The minimum absolute atomic E-state index is 0.109. The summed E-state index contributed by atoms with van der Waals surface area (Å²) in [4.78, 5) is 16.7. The number of carbonyl (C=O) groups is 1. The number of halogens is 1. The van der Waals surface area contributed by atoms with E-state index in [4.69, 9.17) is 16.3 Å². The zero-order chi connectivity index (χ0) is 19.1. The normalized spacial score (nSPS) is 17.3. The predicted molar refractivity (Wildman–Crippen MR) is 107 cm³/mol. The van der Waals surface area contributed by atoms with Gasteiger partial charge in [-0.25, -0.2) is 0 Å². The second-order valence-electron chi connectivity index (χ2n) is 7.31. The molecular weight excluding hydrogens is 350 g/mol. The van der Waals surface area contributed by atoms with Crippen molar-refractivity contribution in [1.82, 2.24) is 15.1 Å². The molecule has 1 aliphatic heterocycles. The molecule has 1 N–H and O–H groups in total. The maximum Gasteiger partial charge on any atom is 0.251 e. The molecule has 26 heavy (non-hydrogen) atoms. The zero-order valence-corrected chi connectivity index (χ0v) is 17.2. The Bertz CT molecular complexity index is 586. The summed E-state index contributed by atoms with van der Waals surface area (Å²) in [6.07, 6.45) is 3.38. The molecule has 1 heterocycles. The third-order valence-corrected chi connectivity index (χ3v) is 5.32. The van der Waals surface area contributed by atoms with Gasteiger partial charge in [-0.15, -0.1) is 0 Å². The number of likely N-dealkylation sites (tertiary alicyclic amines) is 1. The summed E-state index contributed by atoms with van der Waals surface area (Å²) in [7, 11) is 3.95. The molecule has 2 rings (SSSR count). The molecule has 1 aromatic rings. The number of benzene rings is 1. The van der Waals surface area contributed by atoms with Crippen molar-refractivity contribution < 1.29 is 9.53 Å². The van der Waals surface area contributed by atoms with Gasteiger partial charge < -0.3 is 19.9 Å². The number of piperidine rings is 1. The van der Waals surface area contributed by atoms with Crippen LogP contribution in [0.5, 0.6) is 5.75 Å². The van der Waals surface area contributed by atoms with Crippen LogP contribution in [0.25, 0.3) is 0 Å². The van der Waals surface area contributed by atoms with Crippen LogP contribution in [0.2, 0.25) is 5.02 Å². The molecule has 1 saturated heterocycles. The number of nitrogens with one attached hydrogen (secondary N) is 1. The first-order chi connectivity index (χ1) is 12.4. The number of amides is 1. The van der Waals surface area contributed by atoms with Gasteiger partial charge in [0.2, 0.25) is 0 Å². The van der Waals surface area contributed by atoms with Gasteiger partial charge in [0.05, 0.1) is 5.02 Å². The van der Waals surface area contributed by atoms with Crippen LogP contribution >= 0.6 is 11.6 Å². The lowest BCUT2D eigenvalue weighted by molar-refractivity contribution is 0.0788. The minimum atomic E-state index is -0.109. The fourth-order valence-electron chi connectivity index (χ4n) is 3.10. The van der Waals surface area contributed by atoms with E-state index < -0.39 is 0 Å². The molecule has 1 atom stereocenters. The van der Waals surface area contributed by atoms with Crippen LogP contribution in [0.1, 0.15) is 43.5 Å². The van der Waals surface area contributed by atoms with Crippen molar-refractivity contribution in [3.8, 4) is 5.75 Å². The maximum atomic E-state index is 12.2. The van der Waals surface area contributed by atoms with Crippen molar-refractivity contribution in [2.75, 3.05) is 40.3 Å². The van der Waals surface area contributed by atoms with E-state index in [2.05, 4.69) is 24.1 Å². The molecular formula is C20H32ClN3O2. The Morgan fingerprint density at radius 2 is 2.08 bits per heavy atom. The van der Waals surface area contributed by atoms with Crippen molar-refractivity contribution in [3.63, 3.8) is 0 Å². The number of likely N-dealkylation sites (N-methyl/N-ethyl adjacent to an activating group) is 1. The van der Waals surface area contributed by atoms with Gasteiger partial charge in [0.1, 0.15) is 11.9 Å². The zero-order valence-electron chi connectivity index (χ0n) is 16.4. The molecule has 0 aromatic heterocycles. The van der Waals surface area contributed by atoms with Gasteiger partial charge in [-0.1, -0.05) is 18.5 Å². The van der Waals surface area contributed by atoms with Gasteiger partial charge in [0.15, 0.2) is 0 Å². The average molecular weight is 382 g/mol. The van der Waals surface area contributed by atoms with E-state index in [1.54, 1.807) is 12.1 Å². The van der Waals surface area contributed by atoms with Gasteiger partial charge in [-0.2, -0.15) is 0 Å². The van der Waals surface area contributed by atoms with Gasteiger partial charge in [0.25, 0.3) is 5.91 Å². The number of hydrogen-bond donors (Lipinski definition) is 1. The van der Waals surface area contributed by atoms with Crippen LogP contribution in [0, 0.1) is 0 Å². The van der Waals surface area contributed by atoms with Crippen molar-refractivity contribution in [2.45, 2.75) is 45.3 Å². The summed E-state index contributed by atoms with van der Waals surface area (Å²) in [6, 6.07) is 5.91. The third-order valence-electron chi connectivity index (χ3n) is 5.02. The summed E-state index contributed by atoms with van der Waals surface area (Å²) in [6.45, 7) is 8.03. The number of rotatable bonds is 8. The number of nitrogens with zero attached hydrogens (tertiary/aromatic N) is 2. The van der Waals surface area contributed by atoms with Crippen LogP contribution in [0.3, 0.4) is 0 Å². The second kappa shape index (κ2) is 10.1. The summed E-state index contributed by atoms with van der Waals surface area (Å²) < 4.78 is 6.10. The lowest BCUT2D eigenvalue weighted by atomic mass is 10.0. The fraction of sp³-hybridized carbons (Fsp3) is 0.650. The van der Waals surface area contributed by atoms with Crippen molar-refractivity contribution in [2.24, 2.45) is 0 Å². The standard InChI is InChI=1S/C20H32ClN3O2/c1-5-15(2)24-11-8-17(9-12-24)26-19-7-6-16(14-18(19)21)20(25)22-10-13-23(3)4/h6-7,14-15,17H,5,8-13H2,1-4H3,(H,22,25)/t15-/m0/s1. The Labute approximate surface area is 162 Å². The van der Waals surface area contributed by atoms with Crippen molar-refractivity contribution in [1.29, 1.82) is 0 Å². The Morgan fingerprint density at radius 1 is 1.38 bits per heavy atom. The largest absolute Gasteiger partial charge is 0.489 e. The molecule has 0 bridgehead atoms. The highest BCUT2D eigenvalue weighted by molar-refractivity contribution is 6.32. The molecule has 6 heteroatoms. The average Bonchev–Trinajstić information content (AvgIpc) is 2.63. The monoisotopic (exact) mass is 381 g/mol. The van der Waals surface area contributed by atoms with Crippen LogP contribution in [-0.4, -0.2) is 68.1 Å². The Kier molecular flexibility index (Phi) is 8.19. The summed E-state index contributed by atoms with van der Waals surface area (Å²) in [5.74, 6) is 0.556. The highest BCUT2D eigenvalue weighted by atomic mass is 35.5. The molecule has 1 amide bonds. The Morgan fingerprint density at radius 3 is 2.65 bits per heavy atom. The van der Waals surface area contributed by atoms with E-state index in [1.165, 1.54) is 6.42 Å². The topological polar surface area (TPSA) is 44.8 Å². The summed E-state index contributed by atoms with van der Waals surface area (Å²) >= 11 is 6.36. The van der Waals surface area contributed by atoms with E-state index in [0.717, 1.165) is 32.5 Å². The number of hydrogen-bond acceptors (Lipinski definition) is 4.